The summed E-state index contributed by atoms with van der Waals surface area (Å²) in [6.45, 7) is 7.41. The monoisotopic (exact) mass is 382 g/mol. The van der Waals surface area contributed by atoms with E-state index in [4.69, 9.17) is 14.2 Å². The molecule has 0 aliphatic rings. The Hall–Kier alpha value is -3.42. The van der Waals surface area contributed by atoms with Gasteiger partial charge in [0.2, 0.25) is 0 Å². The van der Waals surface area contributed by atoms with Gasteiger partial charge in [-0.2, -0.15) is 5.10 Å². The number of ether oxygens (including phenoxy) is 3. The van der Waals surface area contributed by atoms with Gasteiger partial charge < -0.3 is 14.2 Å². The molecule has 28 heavy (non-hydrogen) atoms. The normalized spacial score (nSPS) is 10.7. The van der Waals surface area contributed by atoms with Crippen molar-refractivity contribution >= 4 is 11.6 Å². The molecule has 0 N–H and O–H groups in total. The molecule has 0 saturated carbocycles. The molecule has 0 radical (unpaired) electrons. The zero-order valence-corrected chi connectivity index (χ0v) is 16.4. The van der Waals surface area contributed by atoms with E-state index in [0.717, 1.165) is 16.8 Å². The SMILES string of the molecule is C=CCOC(=O)c1nnc2c(-c3ccc(OC)c(OC)c3)c(CC)nn2c1C. The van der Waals surface area contributed by atoms with Crippen molar-refractivity contribution in [2.45, 2.75) is 20.3 Å². The maximum Gasteiger partial charge on any atom is 0.361 e. The standard InChI is InChI=1S/C20H22N4O4/c1-6-10-28-20(25)18-12(3)24-19(22-21-18)17(14(7-2)23-24)13-8-9-15(26-4)16(11-13)27-5/h6,8-9,11H,1,7,10H2,2-5H3. The third-order valence-corrected chi connectivity index (χ3v) is 4.37. The molecule has 0 bridgehead atoms. The predicted octanol–water partition coefficient (Wildman–Crippen LogP) is 3.02. The van der Waals surface area contributed by atoms with Crippen LogP contribution in [0.1, 0.15) is 28.8 Å². The van der Waals surface area contributed by atoms with Crippen LogP contribution in [0.25, 0.3) is 16.8 Å². The Labute approximate surface area is 162 Å². The summed E-state index contributed by atoms with van der Waals surface area (Å²) in [5.74, 6) is 0.680. The Bertz CT molecular complexity index is 1040. The van der Waals surface area contributed by atoms with Gasteiger partial charge >= 0.3 is 5.97 Å². The fourth-order valence-corrected chi connectivity index (χ4v) is 2.98. The highest BCUT2D eigenvalue weighted by atomic mass is 16.5. The molecule has 0 atom stereocenters. The van der Waals surface area contributed by atoms with E-state index < -0.39 is 5.97 Å². The highest BCUT2D eigenvalue weighted by molar-refractivity contribution is 5.89. The van der Waals surface area contributed by atoms with Crippen molar-refractivity contribution in [3.63, 3.8) is 0 Å². The van der Waals surface area contributed by atoms with Gasteiger partial charge in [-0.3, -0.25) is 0 Å². The number of carbonyl (C=O) groups excluding carboxylic acids is 1. The number of benzene rings is 1. The minimum Gasteiger partial charge on any atom is -0.493 e. The van der Waals surface area contributed by atoms with Crippen LogP contribution in [0.4, 0.5) is 0 Å². The van der Waals surface area contributed by atoms with Gasteiger partial charge in [0, 0.05) is 0 Å². The molecule has 8 nitrogen and oxygen atoms in total. The van der Waals surface area contributed by atoms with Crippen molar-refractivity contribution < 1.29 is 19.0 Å². The lowest BCUT2D eigenvalue weighted by Gasteiger charge is -2.10. The van der Waals surface area contributed by atoms with Gasteiger partial charge in [-0.25, -0.2) is 9.31 Å². The minimum atomic E-state index is -0.562. The molecule has 2 aromatic heterocycles. The first kappa shape index (κ1) is 19.3. The number of esters is 1. The second-order valence-electron chi connectivity index (χ2n) is 6.00. The topological polar surface area (TPSA) is 87.8 Å². The summed E-state index contributed by atoms with van der Waals surface area (Å²) in [6.07, 6.45) is 2.18. The van der Waals surface area contributed by atoms with Gasteiger partial charge in [0.1, 0.15) is 6.61 Å². The molecule has 1 aromatic carbocycles. The number of hydrogen-bond acceptors (Lipinski definition) is 7. The number of hydrogen-bond donors (Lipinski definition) is 0. The first-order valence-corrected chi connectivity index (χ1v) is 8.80. The van der Waals surface area contributed by atoms with Crippen molar-refractivity contribution in [2.24, 2.45) is 0 Å². The molecule has 0 unspecified atom stereocenters. The van der Waals surface area contributed by atoms with E-state index in [2.05, 4.69) is 21.9 Å². The third-order valence-electron chi connectivity index (χ3n) is 4.37. The third kappa shape index (κ3) is 3.28. The van der Waals surface area contributed by atoms with E-state index in [0.29, 0.717) is 29.3 Å². The van der Waals surface area contributed by atoms with Gasteiger partial charge in [-0.05, 0) is 31.0 Å². The van der Waals surface area contributed by atoms with Crippen LogP contribution in [0.15, 0.2) is 30.9 Å². The molecule has 146 valence electrons. The summed E-state index contributed by atoms with van der Waals surface area (Å²) < 4.78 is 17.4. The summed E-state index contributed by atoms with van der Waals surface area (Å²) in [4.78, 5) is 12.2. The zero-order chi connectivity index (χ0) is 20.3. The summed E-state index contributed by atoms with van der Waals surface area (Å²) >= 11 is 0. The van der Waals surface area contributed by atoms with Crippen molar-refractivity contribution in [1.82, 2.24) is 19.8 Å². The minimum absolute atomic E-state index is 0.105. The largest absolute Gasteiger partial charge is 0.493 e. The van der Waals surface area contributed by atoms with Crippen LogP contribution >= 0.6 is 0 Å². The second kappa shape index (κ2) is 8.08. The highest BCUT2D eigenvalue weighted by Gasteiger charge is 2.22. The van der Waals surface area contributed by atoms with Gasteiger partial charge in [0.25, 0.3) is 0 Å². The number of nitrogens with zero attached hydrogens (tertiary/aromatic N) is 4. The van der Waals surface area contributed by atoms with Crippen LogP contribution in [0, 0.1) is 6.92 Å². The number of rotatable bonds is 7. The van der Waals surface area contributed by atoms with Gasteiger partial charge in [0.15, 0.2) is 22.8 Å². The number of fused-ring (bicyclic) bond motifs is 1. The maximum atomic E-state index is 12.2. The van der Waals surface area contributed by atoms with E-state index in [9.17, 15) is 4.79 Å². The molecule has 0 aliphatic carbocycles. The lowest BCUT2D eigenvalue weighted by molar-refractivity contribution is 0.0539. The molecule has 3 rings (SSSR count). The number of carbonyl (C=O) groups is 1. The average molecular weight is 382 g/mol. The number of methoxy groups -OCH3 is 2. The molecular weight excluding hydrogens is 360 g/mol. The van der Waals surface area contributed by atoms with Crippen LogP contribution < -0.4 is 9.47 Å². The Kier molecular flexibility index (Phi) is 5.58. The molecule has 0 amide bonds. The molecular formula is C20H22N4O4. The van der Waals surface area contributed by atoms with Gasteiger partial charge in [-0.15, -0.1) is 10.2 Å². The lowest BCUT2D eigenvalue weighted by atomic mass is 10.0. The van der Waals surface area contributed by atoms with Crippen LogP contribution in [0.2, 0.25) is 0 Å². The predicted molar refractivity (Wildman–Crippen MR) is 104 cm³/mol. The van der Waals surface area contributed by atoms with Crippen LogP contribution in [0.5, 0.6) is 11.5 Å². The van der Waals surface area contributed by atoms with E-state index in [1.54, 1.807) is 25.7 Å². The number of aromatic nitrogens is 4. The van der Waals surface area contributed by atoms with Crippen LogP contribution in [-0.2, 0) is 11.2 Å². The summed E-state index contributed by atoms with van der Waals surface area (Å²) in [7, 11) is 3.18. The quantitative estimate of drug-likeness (QED) is 0.458. The van der Waals surface area contributed by atoms with E-state index in [1.165, 1.54) is 6.08 Å². The van der Waals surface area contributed by atoms with Crippen molar-refractivity contribution in [3.05, 3.63) is 47.9 Å². The van der Waals surface area contributed by atoms with Crippen molar-refractivity contribution in [3.8, 4) is 22.6 Å². The smallest absolute Gasteiger partial charge is 0.361 e. The molecule has 8 heteroatoms. The molecule has 0 spiro atoms. The van der Waals surface area contributed by atoms with Gasteiger partial charge in [-0.1, -0.05) is 25.6 Å². The van der Waals surface area contributed by atoms with E-state index in [1.807, 2.05) is 25.1 Å². The second-order valence-corrected chi connectivity index (χ2v) is 6.00. The van der Waals surface area contributed by atoms with E-state index in [-0.39, 0.29) is 12.3 Å². The van der Waals surface area contributed by atoms with Gasteiger partial charge in [0.05, 0.1) is 31.2 Å². The van der Waals surface area contributed by atoms with E-state index >= 15 is 0 Å². The van der Waals surface area contributed by atoms with Crippen LogP contribution in [0.3, 0.4) is 0 Å². The Balaban J connectivity index is 2.17. The molecule has 0 saturated heterocycles. The Morgan fingerprint density at radius 1 is 1.21 bits per heavy atom. The van der Waals surface area contributed by atoms with Crippen molar-refractivity contribution in [1.29, 1.82) is 0 Å². The Morgan fingerprint density at radius 2 is 1.96 bits per heavy atom. The van der Waals surface area contributed by atoms with Crippen molar-refractivity contribution in [2.75, 3.05) is 20.8 Å². The molecule has 0 aliphatic heterocycles. The lowest BCUT2D eigenvalue weighted by Crippen LogP contribution is -2.14. The molecule has 0 fully saturated rings. The van der Waals surface area contributed by atoms with Crippen LogP contribution in [-0.4, -0.2) is 46.6 Å². The highest BCUT2D eigenvalue weighted by Crippen LogP contribution is 2.35. The first-order chi connectivity index (χ1) is 13.5. The fraction of sp³-hybridized carbons (Fsp3) is 0.300. The maximum absolute atomic E-state index is 12.2. The summed E-state index contributed by atoms with van der Waals surface area (Å²) in [6, 6.07) is 5.62. The Morgan fingerprint density at radius 3 is 2.61 bits per heavy atom. The number of aryl methyl sites for hydroxylation is 2. The first-order valence-electron chi connectivity index (χ1n) is 8.80. The fourth-order valence-electron chi connectivity index (χ4n) is 2.98. The summed E-state index contributed by atoms with van der Waals surface area (Å²) in [5.41, 5.74) is 3.78. The zero-order valence-electron chi connectivity index (χ0n) is 16.4. The molecule has 3 aromatic rings. The summed E-state index contributed by atoms with van der Waals surface area (Å²) in [5, 5.41) is 13.0. The average Bonchev–Trinajstić information content (AvgIpc) is 3.11. The molecule has 2 heterocycles.